The van der Waals surface area contributed by atoms with E-state index in [1.54, 1.807) is 0 Å². The Morgan fingerprint density at radius 1 is 0.442 bits per heavy atom. The third-order valence-corrected chi connectivity index (χ3v) is 10.2. The topological polar surface area (TPSA) is 72.8 Å². The Labute approximate surface area is 323 Å². The van der Waals surface area contributed by atoms with Gasteiger partial charge in [-0.2, -0.15) is 0 Å². The molecule has 0 saturated carbocycles. The van der Waals surface area contributed by atoms with Gasteiger partial charge in [0.1, 0.15) is 6.61 Å². The molecule has 0 heterocycles. The van der Waals surface area contributed by atoms with Gasteiger partial charge in [0, 0.05) is 12.8 Å². The van der Waals surface area contributed by atoms with E-state index in [9.17, 15) is 14.7 Å². The second kappa shape index (κ2) is 43.8. The van der Waals surface area contributed by atoms with Crippen LogP contribution in [0.1, 0.15) is 245 Å². The lowest BCUT2D eigenvalue weighted by atomic mass is 10.0. The van der Waals surface area contributed by atoms with Gasteiger partial charge >= 0.3 is 11.9 Å². The van der Waals surface area contributed by atoms with Crippen molar-refractivity contribution < 1.29 is 24.2 Å². The van der Waals surface area contributed by atoms with Crippen molar-refractivity contribution in [2.75, 3.05) is 13.2 Å². The number of allylic oxidation sites excluding steroid dienone is 4. The SMILES string of the molecule is CCCCCCC/C=C\C/C=C\CCCCCCCCCCCCCCCCCCCC(=O)OC(CO)COC(=O)CCCCCCCCCCC. The van der Waals surface area contributed by atoms with E-state index in [0.29, 0.717) is 12.8 Å². The van der Waals surface area contributed by atoms with Crippen molar-refractivity contribution in [1.29, 1.82) is 0 Å². The zero-order valence-electron chi connectivity index (χ0n) is 34.8. The van der Waals surface area contributed by atoms with Crippen molar-refractivity contribution >= 4 is 11.9 Å². The summed E-state index contributed by atoms with van der Waals surface area (Å²) in [6.45, 7) is 4.12. The molecule has 0 saturated heterocycles. The van der Waals surface area contributed by atoms with Gasteiger partial charge in [-0.15, -0.1) is 0 Å². The van der Waals surface area contributed by atoms with E-state index in [2.05, 4.69) is 38.2 Å². The van der Waals surface area contributed by atoms with E-state index in [4.69, 9.17) is 9.47 Å². The fourth-order valence-electron chi connectivity index (χ4n) is 6.76. The molecule has 5 heteroatoms. The fourth-order valence-corrected chi connectivity index (χ4v) is 6.76. The van der Waals surface area contributed by atoms with Crippen LogP contribution in [0.2, 0.25) is 0 Å². The highest BCUT2D eigenvalue weighted by Gasteiger charge is 2.16. The van der Waals surface area contributed by atoms with Crippen molar-refractivity contribution in [2.24, 2.45) is 0 Å². The molecule has 1 atom stereocenters. The number of esters is 2. The summed E-state index contributed by atoms with van der Waals surface area (Å²) in [5.74, 6) is -0.583. The van der Waals surface area contributed by atoms with Gasteiger partial charge in [-0.25, -0.2) is 0 Å². The van der Waals surface area contributed by atoms with Crippen molar-refractivity contribution in [1.82, 2.24) is 0 Å². The molecule has 0 aromatic heterocycles. The summed E-state index contributed by atoms with van der Waals surface area (Å²) in [6, 6.07) is 0. The summed E-state index contributed by atoms with van der Waals surface area (Å²) in [5.41, 5.74) is 0. The van der Waals surface area contributed by atoms with Crippen molar-refractivity contribution in [2.45, 2.75) is 251 Å². The molecule has 0 amide bonds. The van der Waals surface area contributed by atoms with E-state index in [0.717, 1.165) is 44.9 Å². The predicted molar refractivity (Wildman–Crippen MR) is 224 cm³/mol. The number of hydrogen-bond acceptors (Lipinski definition) is 5. The minimum absolute atomic E-state index is 0.0604. The highest BCUT2D eigenvalue weighted by molar-refractivity contribution is 5.70. The van der Waals surface area contributed by atoms with Crippen molar-refractivity contribution in [3.8, 4) is 0 Å². The number of carbonyl (C=O) groups is 2. The second-order valence-electron chi connectivity index (χ2n) is 15.5. The van der Waals surface area contributed by atoms with Crippen molar-refractivity contribution in [3.63, 3.8) is 0 Å². The molecule has 1 unspecified atom stereocenters. The van der Waals surface area contributed by atoms with Crippen LogP contribution in [0.15, 0.2) is 24.3 Å². The van der Waals surface area contributed by atoms with Gasteiger partial charge in [-0.1, -0.05) is 212 Å². The van der Waals surface area contributed by atoms with Crippen LogP contribution in [-0.4, -0.2) is 36.4 Å². The Morgan fingerprint density at radius 2 is 0.769 bits per heavy atom. The minimum atomic E-state index is -0.764. The van der Waals surface area contributed by atoms with Crippen LogP contribution in [0.4, 0.5) is 0 Å². The van der Waals surface area contributed by atoms with Crippen LogP contribution in [0.25, 0.3) is 0 Å². The molecule has 5 nitrogen and oxygen atoms in total. The largest absolute Gasteiger partial charge is 0.462 e. The van der Waals surface area contributed by atoms with Crippen LogP contribution in [-0.2, 0) is 19.1 Å². The normalized spacial score (nSPS) is 12.3. The molecule has 0 radical (unpaired) electrons. The third kappa shape index (κ3) is 41.1. The Bertz CT molecular complexity index is 791. The third-order valence-electron chi connectivity index (χ3n) is 10.2. The van der Waals surface area contributed by atoms with Crippen LogP contribution < -0.4 is 0 Å². The molecule has 0 aliphatic carbocycles. The number of hydrogen-bond donors (Lipinski definition) is 1. The van der Waals surface area contributed by atoms with Gasteiger partial charge in [0.15, 0.2) is 6.10 Å². The first kappa shape index (κ1) is 50.4. The van der Waals surface area contributed by atoms with E-state index in [1.165, 1.54) is 173 Å². The van der Waals surface area contributed by atoms with Crippen LogP contribution in [0.5, 0.6) is 0 Å². The summed E-state index contributed by atoms with van der Waals surface area (Å²) in [6.07, 6.45) is 52.8. The quantitative estimate of drug-likeness (QED) is 0.0384. The summed E-state index contributed by atoms with van der Waals surface area (Å²) < 4.78 is 10.6. The van der Waals surface area contributed by atoms with Crippen LogP contribution in [0, 0.1) is 0 Å². The zero-order valence-corrected chi connectivity index (χ0v) is 34.8. The average molecular weight is 733 g/mol. The lowest BCUT2D eigenvalue weighted by Crippen LogP contribution is -2.28. The van der Waals surface area contributed by atoms with E-state index in [-0.39, 0.29) is 25.2 Å². The first-order valence-corrected chi connectivity index (χ1v) is 22.9. The minimum Gasteiger partial charge on any atom is -0.462 e. The number of aliphatic hydroxyl groups excluding tert-OH is 1. The molecule has 0 fully saturated rings. The first-order chi connectivity index (χ1) is 25.6. The highest BCUT2D eigenvalue weighted by atomic mass is 16.6. The molecule has 0 aliphatic heterocycles. The first-order valence-electron chi connectivity index (χ1n) is 22.9. The molecular formula is C47H88O5. The lowest BCUT2D eigenvalue weighted by Gasteiger charge is -2.15. The Kier molecular flexibility index (Phi) is 42.4. The molecule has 306 valence electrons. The number of rotatable bonds is 42. The van der Waals surface area contributed by atoms with Crippen LogP contribution in [0.3, 0.4) is 0 Å². The Balaban J connectivity index is 3.41. The van der Waals surface area contributed by atoms with Gasteiger partial charge in [-0.05, 0) is 44.9 Å². The molecular weight excluding hydrogens is 645 g/mol. The van der Waals surface area contributed by atoms with E-state index in [1.807, 2.05) is 0 Å². The molecule has 0 rings (SSSR count). The molecule has 0 aromatic rings. The number of ether oxygens (including phenoxy) is 2. The molecule has 0 spiro atoms. The number of carbonyl (C=O) groups excluding carboxylic acids is 2. The monoisotopic (exact) mass is 733 g/mol. The molecule has 52 heavy (non-hydrogen) atoms. The number of aliphatic hydroxyl groups is 1. The molecule has 0 aromatic carbocycles. The smallest absolute Gasteiger partial charge is 0.306 e. The van der Waals surface area contributed by atoms with Gasteiger partial charge in [0.25, 0.3) is 0 Å². The second-order valence-corrected chi connectivity index (χ2v) is 15.5. The Morgan fingerprint density at radius 3 is 1.13 bits per heavy atom. The molecule has 0 bridgehead atoms. The van der Waals surface area contributed by atoms with Gasteiger partial charge in [0.2, 0.25) is 0 Å². The summed E-state index contributed by atoms with van der Waals surface area (Å²) in [5, 5.41) is 9.55. The van der Waals surface area contributed by atoms with Gasteiger partial charge in [-0.3, -0.25) is 9.59 Å². The van der Waals surface area contributed by atoms with Gasteiger partial charge in [0.05, 0.1) is 6.61 Å². The standard InChI is InChI=1S/C47H88O5/c1-3-5-7-9-11-13-14-15-16-17-18-19-20-21-22-23-24-25-26-27-28-29-30-31-32-34-36-38-40-42-47(50)52-45(43-48)44-51-46(49)41-39-37-35-33-12-10-8-6-4-2/h14-15,17-18,45,48H,3-13,16,19-44H2,1-2H3/b15-14-,18-17-. The lowest BCUT2D eigenvalue weighted by molar-refractivity contribution is -0.161. The predicted octanol–water partition coefficient (Wildman–Crippen LogP) is 14.6. The van der Waals surface area contributed by atoms with Gasteiger partial charge < -0.3 is 14.6 Å². The van der Waals surface area contributed by atoms with Crippen LogP contribution >= 0.6 is 0 Å². The van der Waals surface area contributed by atoms with E-state index >= 15 is 0 Å². The average Bonchev–Trinajstić information content (AvgIpc) is 3.15. The summed E-state index contributed by atoms with van der Waals surface area (Å²) in [7, 11) is 0. The van der Waals surface area contributed by atoms with E-state index < -0.39 is 6.10 Å². The zero-order chi connectivity index (χ0) is 37.8. The number of unbranched alkanes of at least 4 members (excludes halogenated alkanes) is 30. The molecule has 0 aliphatic rings. The fraction of sp³-hybridized carbons (Fsp3) is 0.872. The highest BCUT2D eigenvalue weighted by Crippen LogP contribution is 2.16. The maximum absolute atomic E-state index is 12.2. The summed E-state index contributed by atoms with van der Waals surface area (Å²) >= 11 is 0. The maximum Gasteiger partial charge on any atom is 0.306 e. The Hall–Kier alpha value is -1.62. The maximum atomic E-state index is 12.2. The summed E-state index contributed by atoms with van der Waals surface area (Å²) in [4.78, 5) is 24.2. The van der Waals surface area contributed by atoms with Crippen molar-refractivity contribution in [3.05, 3.63) is 24.3 Å². The molecule has 1 N–H and O–H groups in total.